The third kappa shape index (κ3) is 4.81. The number of benzene rings is 1. The molecule has 0 atom stereocenters. The number of rotatable bonds is 6. The average molecular weight is 262 g/mol. The van der Waals surface area contributed by atoms with E-state index in [1.807, 2.05) is 30.1 Å². The minimum atomic E-state index is 0. The van der Waals surface area contributed by atoms with Crippen molar-refractivity contribution in [2.75, 3.05) is 34.4 Å². The van der Waals surface area contributed by atoms with Crippen LogP contribution in [0.15, 0.2) is 18.2 Å². The second kappa shape index (κ2) is 8.17. The number of hydrogen-bond acceptors (Lipinski definition) is 4. The summed E-state index contributed by atoms with van der Waals surface area (Å²) in [6.45, 7) is 1.61. The minimum absolute atomic E-state index is 0. The Balaban J connectivity index is 0.00000256. The van der Waals surface area contributed by atoms with Crippen molar-refractivity contribution in [1.82, 2.24) is 4.90 Å². The summed E-state index contributed by atoms with van der Waals surface area (Å²) in [7, 11) is 5.21. The summed E-state index contributed by atoms with van der Waals surface area (Å²) in [4.78, 5) is 2.04. The Labute approximate surface area is 109 Å². The van der Waals surface area contributed by atoms with Crippen LogP contribution in [0.1, 0.15) is 5.56 Å². The summed E-state index contributed by atoms with van der Waals surface area (Å²) < 4.78 is 10.4. The summed E-state index contributed by atoms with van der Waals surface area (Å²) in [5.41, 5.74) is 1.13. The molecule has 0 fully saturated rings. The predicted octanol–water partition coefficient (Wildman–Crippen LogP) is 1.55. The molecule has 0 amide bonds. The molecule has 0 unspecified atom stereocenters. The van der Waals surface area contributed by atoms with Gasteiger partial charge in [-0.25, -0.2) is 0 Å². The summed E-state index contributed by atoms with van der Waals surface area (Å²) in [5.74, 6) is 1.47. The molecule has 1 N–H and O–H groups in total. The van der Waals surface area contributed by atoms with Crippen LogP contribution in [-0.2, 0) is 6.54 Å². The van der Waals surface area contributed by atoms with E-state index < -0.39 is 0 Å². The first-order chi connectivity index (χ1) is 7.71. The Morgan fingerprint density at radius 1 is 1.18 bits per heavy atom. The largest absolute Gasteiger partial charge is 0.493 e. The molecule has 17 heavy (non-hydrogen) atoms. The van der Waals surface area contributed by atoms with Gasteiger partial charge in [0, 0.05) is 13.1 Å². The van der Waals surface area contributed by atoms with Crippen molar-refractivity contribution >= 4 is 12.4 Å². The number of likely N-dealkylation sites (N-methyl/N-ethyl adjacent to an activating group) is 1. The van der Waals surface area contributed by atoms with Crippen LogP contribution in [0, 0.1) is 0 Å². The summed E-state index contributed by atoms with van der Waals surface area (Å²) >= 11 is 0. The molecule has 0 heterocycles. The molecule has 0 spiro atoms. The fourth-order valence-electron chi connectivity index (χ4n) is 1.54. The molecule has 0 saturated heterocycles. The van der Waals surface area contributed by atoms with Gasteiger partial charge in [-0.05, 0) is 24.7 Å². The summed E-state index contributed by atoms with van der Waals surface area (Å²) in [5, 5.41) is 8.81. The number of nitrogens with zero attached hydrogens (tertiary/aromatic N) is 1. The van der Waals surface area contributed by atoms with Gasteiger partial charge in [0.2, 0.25) is 0 Å². The van der Waals surface area contributed by atoms with Crippen molar-refractivity contribution in [3.05, 3.63) is 23.8 Å². The van der Waals surface area contributed by atoms with Crippen molar-refractivity contribution in [2.24, 2.45) is 0 Å². The smallest absolute Gasteiger partial charge is 0.161 e. The van der Waals surface area contributed by atoms with Crippen LogP contribution in [-0.4, -0.2) is 44.4 Å². The molecule has 0 bridgehead atoms. The topological polar surface area (TPSA) is 41.9 Å². The number of aliphatic hydroxyl groups is 1. The highest BCUT2D eigenvalue weighted by Crippen LogP contribution is 2.27. The number of methoxy groups -OCH3 is 2. The molecule has 0 aliphatic heterocycles. The Kier molecular flexibility index (Phi) is 7.70. The third-order valence-corrected chi connectivity index (χ3v) is 2.38. The number of hydrogen-bond donors (Lipinski definition) is 1. The van der Waals surface area contributed by atoms with E-state index in [1.54, 1.807) is 14.2 Å². The average Bonchev–Trinajstić information content (AvgIpc) is 2.29. The molecule has 0 saturated carbocycles. The Bertz CT molecular complexity index is 334. The first-order valence-electron chi connectivity index (χ1n) is 5.21. The van der Waals surface area contributed by atoms with Gasteiger partial charge in [-0.15, -0.1) is 12.4 Å². The molecular formula is C12H20ClNO3. The Morgan fingerprint density at radius 2 is 1.82 bits per heavy atom. The maximum atomic E-state index is 8.81. The van der Waals surface area contributed by atoms with E-state index >= 15 is 0 Å². The first kappa shape index (κ1) is 16.0. The van der Waals surface area contributed by atoms with Gasteiger partial charge in [-0.3, -0.25) is 4.90 Å². The highest BCUT2D eigenvalue weighted by atomic mass is 35.5. The van der Waals surface area contributed by atoms with Gasteiger partial charge in [-0.1, -0.05) is 6.07 Å². The zero-order valence-electron chi connectivity index (χ0n) is 10.5. The number of halogens is 1. The van der Waals surface area contributed by atoms with Crippen molar-refractivity contribution in [1.29, 1.82) is 0 Å². The van der Waals surface area contributed by atoms with Gasteiger partial charge in [0.1, 0.15) is 0 Å². The Hall–Kier alpha value is -0.970. The van der Waals surface area contributed by atoms with E-state index in [4.69, 9.17) is 14.6 Å². The van der Waals surface area contributed by atoms with E-state index in [9.17, 15) is 0 Å². The molecule has 0 aliphatic rings. The second-order valence-electron chi connectivity index (χ2n) is 3.65. The van der Waals surface area contributed by atoms with Crippen molar-refractivity contribution in [3.8, 4) is 11.5 Å². The zero-order chi connectivity index (χ0) is 12.0. The van der Waals surface area contributed by atoms with E-state index in [2.05, 4.69) is 0 Å². The minimum Gasteiger partial charge on any atom is -0.493 e. The summed E-state index contributed by atoms with van der Waals surface area (Å²) in [6, 6.07) is 5.84. The molecular weight excluding hydrogens is 242 g/mol. The lowest BCUT2D eigenvalue weighted by molar-refractivity contribution is 0.217. The number of aliphatic hydroxyl groups excluding tert-OH is 1. The van der Waals surface area contributed by atoms with E-state index in [-0.39, 0.29) is 19.0 Å². The maximum Gasteiger partial charge on any atom is 0.161 e. The molecule has 5 heteroatoms. The molecule has 1 aromatic rings. The molecule has 0 radical (unpaired) electrons. The third-order valence-electron chi connectivity index (χ3n) is 2.38. The van der Waals surface area contributed by atoms with Gasteiger partial charge in [0.15, 0.2) is 11.5 Å². The fourth-order valence-corrected chi connectivity index (χ4v) is 1.54. The zero-order valence-corrected chi connectivity index (χ0v) is 11.3. The van der Waals surface area contributed by atoms with Crippen molar-refractivity contribution in [2.45, 2.75) is 6.54 Å². The van der Waals surface area contributed by atoms with Crippen LogP contribution in [0.25, 0.3) is 0 Å². The normalized spacial score (nSPS) is 9.94. The van der Waals surface area contributed by atoms with Crippen LogP contribution in [0.2, 0.25) is 0 Å². The highest BCUT2D eigenvalue weighted by molar-refractivity contribution is 5.85. The molecule has 1 aromatic carbocycles. The fraction of sp³-hybridized carbons (Fsp3) is 0.500. The van der Waals surface area contributed by atoms with Gasteiger partial charge in [0.25, 0.3) is 0 Å². The Morgan fingerprint density at radius 3 is 2.35 bits per heavy atom. The van der Waals surface area contributed by atoms with Crippen molar-refractivity contribution in [3.63, 3.8) is 0 Å². The van der Waals surface area contributed by atoms with Gasteiger partial charge in [-0.2, -0.15) is 0 Å². The standard InChI is InChI=1S/C12H19NO3.ClH/c1-13(6-7-14)9-10-4-5-11(15-2)12(8-10)16-3;/h4-5,8,14H,6-7,9H2,1-3H3;1H. The molecule has 0 aromatic heterocycles. The van der Waals surface area contributed by atoms with Crippen LogP contribution >= 0.6 is 12.4 Å². The van der Waals surface area contributed by atoms with E-state index in [0.717, 1.165) is 23.6 Å². The lowest BCUT2D eigenvalue weighted by Crippen LogP contribution is -2.21. The second-order valence-corrected chi connectivity index (χ2v) is 3.65. The quantitative estimate of drug-likeness (QED) is 0.844. The maximum absolute atomic E-state index is 8.81. The van der Waals surface area contributed by atoms with Crippen LogP contribution in [0.3, 0.4) is 0 Å². The molecule has 4 nitrogen and oxygen atoms in total. The first-order valence-corrected chi connectivity index (χ1v) is 5.21. The lowest BCUT2D eigenvalue weighted by atomic mass is 10.2. The van der Waals surface area contributed by atoms with Crippen LogP contribution in [0.5, 0.6) is 11.5 Å². The van der Waals surface area contributed by atoms with Crippen molar-refractivity contribution < 1.29 is 14.6 Å². The van der Waals surface area contributed by atoms with E-state index in [0.29, 0.717) is 6.54 Å². The summed E-state index contributed by atoms with van der Waals surface area (Å²) in [6.07, 6.45) is 0. The van der Waals surface area contributed by atoms with Gasteiger partial charge >= 0.3 is 0 Å². The van der Waals surface area contributed by atoms with Gasteiger partial charge < -0.3 is 14.6 Å². The van der Waals surface area contributed by atoms with E-state index in [1.165, 1.54) is 0 Å². The van der Waals surface area contributed by atoms with Gasteiger partial charge in [0.05, 0.1) is 20.8 Å². The van der Waals surface area contributed by atoms with Crippen LogP contribution in [0.4, 0.5) is 0 Å². The molecule has 0 aliphatic carbocycles. The monoisotopic (exact) mass is 261 g/mol. The highest BCUT2D eigenvalue weighted by Gasteiger charge is 2.06. The predicted molar refractivity (Wildman–Crippen MR) is 70.2 cm³/mol. The number of ether oxygens (including phenoxy) is 2. The van der Waals surface area contributed by atoms with Crippen LogP contribution < -0.4 is 9.47 Å². The SMILES string of the molecule is COc1ccc(CN(C)CCO)cc1OC.Cl. The lowest BCUT2D eigenvalue weighted by Gasteiger charge is -2.16. The molecule has 98 valence electrons. The molecule has 1 rings (SSSR count).